The van der Waals surface area contributed by atoms with Crippen LogP contribution in [0.2, 0.25) is 5.02 Å². The molecule has 0 spiro atoms. The zero-order chi connectivity index (χ0) is 20.8. The van der Waals surface area contributed by atoms with Crippen LogP contribution in [0.15, 0.2) is 59.8 Å². The third-order valence-electron chi connectivity index (χ3n) is 5.52. The van der Waals surface area contributed by atoms with Gasteiger partial charge in [-0.2, -0.15) is 13.2 Å². The molecule has 1 heterocycles. The van der Waals surface area contributed by atoms with Gasteiger partial charge in [-0.3, -0.25) is 9.59 Å². The topological polar surface area (TPSA) is 46.2 Å². The van der Waals surface area contributed by atoms with E-state index in [0.717, 1.165) is 11.6 Å². The van der Waals surface area contributed by atoms with Crippen molar-refractivity contribution in [1.29, 1.82) is 0 Å². The lowest BCUT2D eigenvalue weighted by Crippen LogP contribution is -2.38. The van der Waals surface area contributed by atoms with Crippen LogP contribution >= 0.6 is 11.6 Å². The molecule has 2 aliphatic rings. The molecule has 0 saturated carbocycles. The fourth-order valence-corrected chi connectivity index (χ4v) is 4.60. The predicted molar refractivity (Wildman–Crippen MR) is 102 cm³/mol. The molecule has 0 aromatic heterocycles. The number of ketones is 1. The van der Waals surface area contributed by atoms with E-state index in [0.29, 0.717) is 17.1 Å². The van der Waals surface area contributed by atoms with Crippen molar-refractivity contribution >= 4 is 23.3 Å². The molecule has 1 aliphatic carbocycles. The summed E-state index contributed by atoms with van der Waals surface area (Å²) in [6.45, 7) is 0. The first-order valence-corrected chi connectivity index (χ1v) is 9.60. The smallest absolute Gasteiger partial charge is 0.329 e. The number of alkyl halides is 3. The van der Waals surface area contributed by atoms with Crippen LogP contribution in [0.4, 0.5) is 13.2 Å². The molecule has 2 aromatic rings. The molecule has 0 radical (unpaired) electrons. The van der Waals surface area contributed by atoms with Crippen LogP contribution in [-0.4, -0.2) is 11.7 Å². The van der Waals surface area contributed by atoms with Crippen molar-refractivity contribution in [1.82, 2.24) is 5.32 Å². The highest BCUT2D eigenvalue weighted by molar-refractivity contribution is 6.31. The second-order valence-corrected chi connectivity index (χ2v) is 7.74. The Morgan fingerprint density at radius 1 is 0.897 bits per heavy atom. The van der Waals surface area contributed by atoms with Crippen molar-refractivity contribution in [3.63, 3.8) is 0 Å². The minimum Gasteiger partial charge on any atom is -0.329 e. The number of hydrogen-bond donors (Lipinski definition) is 1. The fraction of sp³-hybridized carbons (Fsp3) is 0.273. The minimum atomic E-state index is -4.57. The van der Waals surface area contributed by atoms with Gasteiger partial charge in [0.2, 0.25) is 5.91 Å². The molecule has 1 aliphatic heterocycles. The van der Waals surface area contributed by atoms with Gasteiger partial charge in [-0.15, -0.1) is 0 Å². The van der Waals surface area contributed by atoms with E-state index >= 15 is 0 Å². The maximum atomic E-state index is 13.5. The van der Waals surface area contributed by atoms with Gasteiger partial charge in [0, 0.05) is 35.1 Å². The summed E-state index contributed by atoms with van der Waals surface area (Å²) in [6, 6.07) is 12.3. The van der Waals surface area contributed by atoms with Gasteiger partial charge < -0.3 is 5.32 Å². The van der Waals surface area contributed by atoms with Gasteiger partial charge in [0.25, 0.3) is 0 Å². The van der Waals surface area contributed by atoms with Gasteiger partial charge in [0.15, 0.2) is 5.78 Å². The van der Waals surface area contributed by atoms with Crippen LogP contribution in [-0.2, 0) is 15.8 Å². The lowest BCUT2D eigenvalue weighted by molar-refractivity contribution is -0.138. The number of amides is 1. The minimum absolute atomic E-state index is 0.0353. The SMILES string of the molecule is O=C1CC(c2ccccc2C(F)(F)F)C2=C(CC(c3ccccc3Cl)CC2=O)N1. The van der Waals surface area contributed by atoms with E-state index in [-0.39, 0.29) is 35.7 Å². The molecule has 2 aromatic carbocycles. The number of hydrogen-bond acceptors (Lipinski definition) is 2. The number of benzene rings is 2. The third-order valence-corrected chi connectivity index (χ3v) is 5.87. The summed E-state index contributed by atoms with van der Waals surface area (Å²) in [4.78, 5) is 25.4. The lowest BCUT2D eigenvalue weighted by Gasteiger charge is -2.35. The van der Waals surface area contributed by atoms with Crippen molar-refractivity contribution in [3.05, 3.63) is 81.5 Å². The molecule has 29 heavy (non-hydrogen) atoms. The predicted octanol–water partition coefficient (Wildman–Crippen LogP) is 5.36. The van der Waals surface area contributed by atoms with Crippen LogP contribution in [0, 0.1) is 0 Å². The van der Waals surface area contributed by atoms with Crippen LogP contribution in [0.1, 0.15) is 47.8 Å². The summed E-state index contributed by atoms with van der Waals surface area (Å²) in [5.74, 6) is -1.78. The van der Waals surface area contributed by atoms with Crippen LogP contribution in [0.5, 0.6) is 0 Å². The molecular formula is C22H17ClF3NO2. The number of Topliss-reactive ketones (excluding diaryl/α,β-unsaturated/α-hetero) is 1. The van der Waals surface area contributed by atoms with Crippen molar-refractivity contribution in [2.75, 3.05) is 0 Å². The van der Waals surface area contributed by atoms with Gasteiger partial charge in [-0.25, -0.2) is 0 Å². The van der Waals surface area contributed by atoms with E-state index in [1.165, 1.54) is 18.2 Å². The van der Waals surface area contributed by atoms with Crippen molar-refractivity contribution < 1.29 is 22.8 Å². The molecule has 1 amide bonds. The lowest BCUT2D eigenvalue weighted by atomic mass is 9.72. The number of nitrogens with one attached hydrogen (secondary N) is 1. The first kappa shape index (κ1) is 19.7. The molecule has 2 atom stereocenters. The van der Waals surface area contributed by atoms with Crippen molar-refractivity contribution in [2.24, 2.45) is 0 Å². The highest BCUT2D eigenvalue weighted by atomic mass is 35.5. The Balaban J connectivity index is 1.78. The van der Waals surface area contributed by atoms with Gasteiger partial charge in [-0.1, -0.05) is 48.0 Å². The molecular weight excluding hydrogens is 403 g/mol. The van der Waals surface area contributed by atoms with E-state index in [2.05, 4.69) is 5.32 Å². The maximum Gasteiger partial charge on any atom is 0.416 e. The Kier molecular flexibility index (Phi) is 4.99. The quantitative estimate of drug-likeness (QED) is 0.712. The Bertz CT molecular complexity index is 1030. The number of carbonyl (C=O) groups is 2. The largest absolute Gasteiger partial charge is 0.416 e. The van der Waals surface area contributed by atoms with Crippen LogP contribution in [0.25, 0.3) is 0 Å². The van der Waals surface area contributed by atoms with Crippen LogP contribution in [0.3, 0.4) is 0 Å². The summed E-state index contributed by atoms with van der Waals surface area (Å²) in [6.07, 6.45) is -4.26. The Morgan fingerprint density at radius 3 is 2.24 bits per heavy atom. The zero-order valence-electron chi connectivity index (χ0n) is 15.2. The Hall–Kier alpha value is -2.60. The molecule has 7 heteroatoms. The average Bonchev–Trinajstić information content (AvgIpc) is 2.66. The third kappa shape index (κ3) is 3.69. The molecule has 150 valence electrons. The summed E-state index contributed by atoms with van der Waals surface area (Å²) >= 11 is 6.26. The summed E-state index contributed by atoms with van der Waals surface area (Å²) in [5.41, 5.74) is 0.634. The first-order chi connectivity index (χ1) is 13.8. The highest BCUT2D eigenvalue weighted by Crippen LogP contribution is 2.46. The molecule has 0 bridgehead atoms. The fourth-order valence-electron chi connectivity index (χ4n) is 4.31. The van der Waals surface area contributed by atoms with E-state index in [1.807, 2.05) is 12.1 Å². The van der Waals surface area contributed by atoms with E-state index < -0.39 is 23.6 Å². The molecule has 1 N–H and O–H groups in total. The normalized spacial score (nSPS) is 22.3. The summed E-state index contributed by atoms with van der Waals surface area (Å²) in [5, 5.41) is 3.24. The number of carbonyl (C=O) groups excluding carboxylic acids is 2. The van der Waals surface area contributed by atoms with E-state index in [4.69, 9.17) is 11.6 Å². The second-order valence-electron chi connectivity index (χ2n) is 7.33. The average molecular weight is 420 g/mol. The zero-order valence-corrected chi connectivity index (χ0v) is 16.0. The molecule has 0 saturated heterocycles. The van der Waals surface area contributed by atoms with Gasteiger partial charge >= 0.3 is 6.18 Å². The van der Waals surface area contributed by atoms with E-state index in [1.54, 1.807) is 12.1 Å². The maximum absolute atomic E-state index is 13.5. The number of allylic oxidation sites excluding steroid dienone is 2. The number of halogens is 4. The second kappa shape index (κ2) is 7.34. The van der Waals surface area contributed by atoms with Crippen molar-refractivity contribution in [3.8, 4) is 0 Å². The van der Waals surface area contributed by atoms with Crippen molar-refractivity contribution in [2.45, 2.75) is 37.3 Å². The highest BCUT2D eigenvalue weighted by Gasteiger charge is 2.42. The first-order valence-electron chi connectivity index (χ1n) is 9.22. The molecule has 0 fully saturated rings. The Morgan fingerprint density at radius 2 is 1.55 bits per heavy atom. The van der Waals surface area contributed by atoms with Gasteiger partial charge in [-0.05, 0) is 35.6 Å². The molecule has 2 unspecified atom stereocenters. The summed E-state index contributed by atoms with van der Waals surface area (Å²) in [7, 11) is 0. The van der Waals surface area contributed by atoms with Crippen LogP contribution < -0.4 is 5.32 Å². The molecule has 4 rings (SSSR count). The summed E-state index contributed by atoms with van der Waals surface area (Å²) < 4.78 is 40.6. The van der Waals surface area contributed by atoms with Gasteiger partial charge in [0.1, 0.15) is 0 Å². The number of rotatable bonds is 2. The van der Waals surface area contributed by atoms with E-state index in [9.17, 15) is 22.8 Å². The van der Waals surface area contributed by atoms with Gasteiger partial charge in [0.05, 0.1) is 5.56 Å². The standard InChI is InChI=1S/C22H17ClF3NO2/c23-17-8-4-2-5-13(17)12-9-18-21(19(28)10-12)15(11-20(29)27-18)14-6-1-3-7-16(14)22(24,25)26/h1-8,12,15H,9-11H2,(H,27,29). The Labute approximate surface area is 170 Å². The molecule has 3 nitrogen and oxygen atoms in total. The monoisotopic (exact) mass is 419 g/mol.